The van der Waals surface area contributed by atoms with Crippen LogP contribution in [-0.4, -0.2) is 4.92 Å². The van der Waals surface area contributed by atoms with Crippen molar-refractivity contribution in [3.63, 3.8) is 0 Å². The van der Waals surface area contributed by atoms with Gasteiger partial charge in [-0.15, -0.1) is 0 Å². The molecule has 0 radical (unpaired) electrons. The molecule has 0 saturated heterocycles. The zero-order chi connectivity index (χ0) is 15.4. The van der Waals surface area contributed by atoms with Gasteiger partial charge in [0.25, 0.3) is 0 Å². The Morgan fingerprint density at radius 1 is 1.24 bits per heavy atom. The van der Waals surface area contributed by atoms with Crippen LogP contribution >= 0.6 is 0 Å². The minimum atomic E-state index is -0.849. The molecule has 2 aromatic rings. The molecule has 4 nitrogen and oxygen atoms in total. The molecular formula is C16H16FNO3. The van der Waals surface area contributed by atoms with Crippen LogP contribution in [0.5, 0.6) is 5.75 Å². The lowest BCUT2D eigenvalue weighted by atomic mass is 10.0. The molecule has 0 saturated carbocycles. The Bertz CT molecular complexity index is 656. The lowest BCUT2D eigenvalue weighted by Crippen LogP contribution is -2.01. The number of ether oxygens (including phenoxy) is 1. The van der Waals surface area contributed by atoms with Crippen molar-refractivity contribution in [1.82, 2.24) is 0 Å². The van der Waals surface area contributed by atoms with E-state index >= 15 is 0 Å². The van der Waals surface area contributed by atoms with Gasteiger partial charge in [0.1, 0.15) is 12.4 Å². The highest BCUT2D eigenvalue weighted by Crippen LogP contribution is 2.27. The molecule has 2 rings (SSSR count). The van der Waals surface area contributed by atoms with Crippen molar-refractivity contribution in [1.29, 1.82) is 0 Å². The van der Waals surface area contributed by atoms with E-state index in [2.05, 4.69) is 13.8 Å². The average molecular weight is 289 g/mol. The number of benzene rings is 2. The highest BCUT2D eigenvalue weighted by molar-refractivity contribution is 5.37. The summed E-state index contributed by atoms with van der Waals surface area (Å²) in [5.41, 5.74) is 1.10. The van der Waals surface area contributed by atoms with Crippen LogP contribution in [0.4, 0.5) is 10.1 Å². The maximum atomic E-state index is 13.5. The number of nitro benzene ring substituents is 1. The monoisotopic (exact) mass is 289 g/mol. The Hall–Kier alpha value is -2.43. The first-order valence-corrected chi connectivity index (χ1v) is 6.63. The topological polar surface area (TPSA) is 52.4 Å². The summed E-state index contributed by atoms with van der Waals surface area (Å²) in [5.74, 6) is 0.208. The molecule has 0 heterocycles. The molecule has 5 heteroatoms. The summed E-state index contributed by atoms with van der Waals surface area (Å²) in [6, 6.07) is 11.4. The van der Waals surface area contributed by atoms with Crippen LogP contribution < -0.4 is 4.74 Å². The summed E-state index contributed by atoms with van der Waals surface area (Å²) < 4.78 is 19.2. The van der Waals surface area contributed by atoms with Gasteiger partial charge in [-0.2, -0.15) is 4.39 Å². The van der Waals surface area contributed by atoms with Crippen LogP contribution in [0.1, 0.15) is 30.9 Å². The summed E-state index contributed by atoms with van der Waals surface area (Å²) in [6.07, 6.45) is 0. The molecule has 0 amide bonds. The van der Waals surface area contributed by atoms with E-state index in [9.17, 15) is 14.5 Å². The molecule has 0 aliphatic heterocycles. The largest absolute Gasteiger partial charge is 0.489 e. The molecule has 0 fully saturated rings. The van der Waals surface area contributed by atoms with Gasteiger partial charge in [0.05, 0.1) is 4.92 Å². The fraction of sp³-hybridized carbons (Fsp3) is 0.250. The maximum Gasteiger partial charge on any atom is 0.304 e. The van der Waals surface area contributed by atoms with Crippen molar-refractivity contribution in [3.05, 3.63) is 69.5 Å². The van der Waals surface area contributed by atoms with Crippen LogP contribution in [0.15, 0.2) is 42.5 Å². The van der Waals surface area contributed by atoms with E-state index in [0.717, 1.165) is 23.4 Å². The van der Waals surface area contributed by atoms with Gasteiger partial charge in [-0.05, 0) is 35.2 Å². The van der Waals surface area contributed by atoms with E-state index in [1.54, 1.807) is 0 Å². The normalized spacial score (nSPS) is 10.7. The first-order valence-electron chi connectivity index (χ1n) is 6.63. The average Bonchev–Trinajstić information content (AvgIpc) is 2.45. The Kier molecular flexibility index (Phi) is 4.52. The predicted molar refractivity (Wildman–Crippen MR) is 77.9 cm³/mol. The number of halogens is 1. The summed E-state index contributed by atoms with van der Waals surface area (Å²) in [6.45, 7) is 4.29. The molecule has 2 aromatic carbocycles. The van der Waals surface area contributed by atoms with Gasteiger partial charge in [0.2, 0.25) is 5.82 Å². The maximum absolute atomic E-state index is 13.5. The molecule has 0 aliphatic rings. The van der Waals surface area contributed by atoms with Crippen molar-refractivity contribution in [2.24, 2.45) is 0 Å². The summed E-state index contributed by atoms with van der Waals surface area (Å²) in [5, 5.41) is 10.6. The second kappa shape index (κ2) is 6.35. The third kappa shape index (κ3) is 3.56. The van der Waals surface area contributed by atoms with E-state index < -0.39 is 16.4 Å². The lowest BCUT2D eigenvalue weighted by molar-refractivity contribution is -0.387. The number of hydrogen-bond donors (Lipinski definition) is 0. The van der Waals surface area contributed by atoms with E-state index in [-0.39, 0.29) is 6.61 Å². The first kappa shape index (κ1) is 15.0. The quantitative estimate of drug-likeness (QED) is 0.604. The van der Waals surface area contributed by atoms with Gasteiger partial charge in [-0.1, -0.05) is 32.0 Å². The van der Waals surface area contributed by atoms with Crippen molar-refractivity contribution in [2.45, 2.75) is 26.4 Å². The smallest absolute Gasteiger partial charge is 0.304 e. The minimum Gasteiger partial charge on any atom is -0.489 e. The Morgan fingerprint density at radius 3 is 2.57 bits per heavy atom. The molecule has 0 atom stereocenters. The van der Waals surface area contributed by atoms with Crippen molar-refractivity contribution >= 4 is 5.69 Å². The number of rotatable bonds is 5. The molecule has 0 bridgehead atoms. The third-order valence-corrected chi connectivity index (χ3v) is 3.14. The van der Waals surface area contributed by atoms with Gasteiger partial charge >= 0.3 is 5.69 Å². The first-order chi connectivity index (χ1) is 9.99. The van der Waals surface area contributed by atoms with E-state index in [0.29, 0.717) is 11.5 Å². The van der Waals surface area contributed by atoms with Crippen LogP contribution in [0.2, 0.25) is 0 Å². The highest BCUT2D eigenvalue weighted by atomic mass is 19.1. The summed E-state index contributed by atoms with van der Waals surface area (Å²) in [4.78, 5) is 9.82. The number of para-hydroxylation sites is 1. The number of nitro groups is 1. The van der Waals surface area contributed by atoms with Crippen molar-refractivity contribution in [2.75, 3.05) is 0 Å². The van der Waals surface area contributed by atoms with Crippen LogP contribution in [0.25, 0.3) is 0 Å². The van der Waals surface area contributed by atoms with Crippen molar-refractivity contribution in [3.8, 4) is 5.75 Å². The van der Waals surface area contributed by atoms with Crippen LogP contribution in [-0.2, 0) is 6.61 Å². The zero-order valence-corrected chi connectivity index (χ0v) is 11.9. The minimum absolute atomic E-state index is 0.165. The summed E-state index contributed by atoms with van der Waals surface area (Å²) in [7, 11) is 0. The number of nitrogens with zero attached hydrogens (tertiary/aromatic N) is 1. The summed E-state index contributed by atoms with van der Waals surface area (Å²) >= 11 is 0. The van der Waals surface area contributed by atoms with E-state index in [1.165, 1.54) is 6.07 Å². The second-order valence-corrected chi connectivity index (χ2v) is 5.02. The third-order valence-electron chi connectivity index (χ3n) is 3.14. The van der Waals surface area contributed by atoms with E-state index in [1.807, 2.05) is 24.3 Å². The molecular weight excluding hydrogens is 273 g/mol. The molecule has 21 heavy (non-hydrogen) atoms. The standard InChI is InChI=1S/C16H16FNO3/c1-11(2)13-5-3-4-6-16(13)21-10-12-7-8-15(18(19)20)14(17)9-12/h3-9,11H,10H2,1-2H3. The Morgan fingerprint density at radius 2 is 1.95 bits per heavy atom. The molecule has 0 unspecified atom stereocenters. The lowest BCUT2D eigenvalue weighted by Gasteiger charge is -2.13. The number of hydrogen-bond acceptors (Lipinski definition) is 3. The fourth-order valence-corrected chi connectivity index (χ4v) is 2.04. The Labute approximate surface area is 122 Å². The Balaban J connectivity index is 2.14. The highest BCUT2D eigenvalue weighted by Gasteiger charge is 2.14. The molecule has 110 valence electrons. The fourth-order valence-electron chi connectivity index (χ4n) is 2.04. The van der Waals surface area contributed by atoms with Crippen molar-refractivity contribution < 1.29 is 14.1 Å². The molecule has 0 aliphatic carbocycles. The van der Waals surface area contributed by atoms with Gasteiger partial charge in [0, 0.05) is 6.07 Å². The molecule has 0 spiro atoms. The predicted octanol–water partition coefficient (Wildman–Crippen LogP) is 4.44. The molecule has 0 N–H and O–H groups in total. The van der Waals surface area contributed by atoms with Gasteiger partial charge in [-0.25, -0.2) is 0 Å². The zero-order valence-electron chi connectivity index (χ0n) is 11.9. The van der Waals surface area contributed by atoms with E-state index in [4.69, 9.17) is 4.74 Å². The van der Waals surface area contributed by atoms with Crippen LogP contribution in [0, 0.1) is 15.9 Å². The van der Waals surface area contributed by atoms with Gasteiger partial charge in [-0.3, -0.25) is 10.1 Å². The second-order valence-electron chi connectivity index (χ2n) is 5.02. The SMILES string of the molecule is CC(C)c1ccccc1OCc1ccc([N+](=O)[O-])c(F)c1. The van der Waals surface area contributed by atoms with Gasteiger partial charge in [0.15, 0.2) is 0 Å². The molecule has 0 aromatic heterocycles. The van der Waals surface area contributed by atoms with Crippen LogP contribution in [0.3, 0.4) is 0 Å². The van der Waals surface area contributed by atoms with Gasteiger partial charge < -0.3 is 4.74 Å².